The van der Waals surface area contributed by atoms with Gasteiger partial charge in [0.25, 0.3) is 5.91 Å². The fraction of sp³-hybridized carbons (Fsp3) is 0.435. The lowest BCUT2D eigenvalue weighted by Gasteiger charge is -2.38. The topological polar surface area (TPSA) is 173 Å². The number of amides is 1. The standard InChI is InChI=1S/C23H26N10O3/c1-12(35)18-19(13-6-15-2-3-16(7-13)32(15)23(36)21-25-11-26-30-21)29-22-17(9-28-33(22)20(18)24)14-8-27-31(10-14)4-5-34/h8-11,13,15-16,34H,2-7,24H2,1H3,(H,25,26,30)/t13?,15-,16+. The molecule has 2 bridgehead atoms. The Kier molecular flexibility index (Phi) is 5.29. The molecule has 1 amide bonds. The van der Waals surface area contributed by atoms with Crippen molar-refractivity contribution in [2.24, 2.45) is 0 Å². The minimum absolute atomic E-state index is 0.0199. The first kappa shape index (κ1) is 22.3. The lowest BCUT2D eigenvalue weighted by Crippen LogP contribution is -2.46. The van der Waals surface area contributed by atoms with E-state index in [-0.39, 0.29) is 47.9 Å². The van der Waals surface area contributed by atoms with Crippen molar-refractivity contribution in [2.75, 3.05) is 12.3 Å². The fourth-order valence-electron chi connectivity index (χ4n) is 5.78. The molecule has 2 aliphatic heterocycles. The normalized spacial score (nSPS) is 21.4. The smallest absolute Gasteiger partial charge is 0.291 e. The largest absolute Gasteiger partial charge is 0.394 e. The molecule has 2 saturated heterocycles. The molecule has 0 aromatic carbocycles. The molecule has 0 spiro atoms. The summed E-state index contributed by atoms with van der Waals surface area (Å²) in [7, 11) is 0. The number of nitrogens with one attached hydrogen (secondary N) is 1. The van der Waals surface area contributed by atoms with Crippen molar-refractivity contribution in [3.05, 3.63) is 42.0 Å². The van der Waals surface area contributed by atoms with Crippen molar-refractivity contribution in [1.29, 1.82) is 0 Å². The Morgan fingerprint density at radius 1 is 1.19 bits per heavy atom. The van der Waals surface area contributed by atoms with Crippen molar-refractivity contribution in [3.8, 4) is 11.1 Å². The highest BCUT2D eigenvalue weighted by Gasteiger charge is 2.45. The second-order valence-electron chi connectivity index (χ2n) is 9.42. The molecular formula is C23H26N10O3. The number of carbonyl (C=O) groups excluding carboxylic acids is 2. The Hall–Kier alpha value is -4.13. The molecule has 1 unspecified atom stereocenters. The van der Waals surface area contributed by atoms with E-state index in [9.17, 15) is 14.7 Å². The molecule has 2 aliphatic rings. The van der Waals surface area contributed by atoms with Crippen LogP contribution in [0.4, 0.5) is 5.82 Å². The summed E-state index contributed by atoms with van der Waals surface area (Å²) in [4.78, 5) is 36.7. The SMILES string of the molecule is CC(=O)c1c(C2C[C@H]3CC[C@@H](C2)N3C(=O)c2ncn[nH]2)nc2c(-c3cnn(CCO)c3)cnn2c1N. The lowest BCUT2D eigenvalue weighted by molar-refractivity contribution is 0.0556. The summed E-state index contributed by atoms with van der Waals surface area (Å²) in [6.07, 6.45) is 9.63. The van der Waals surface area contributed by atoms with Crippen molar-refractivity contribution in [1.82, 2.24) is 44.5 Å². The summed E-state index contributed by atoms with van der Waals surface area (Å²) in [6, 6.07) is 0.0398. The number of aliphatic hydroxyl groups is 1. The van der Waals surface area contributed by atoms with Gasteiger partial charge in [-0.05, 0) is 32.6 Å². The van der Waals surface area contributed by atoms with E-state index < -0.39 is 0 Å². The Morgan fingerprint density at radius 2 is 1.97 bits per heavy atom. The molecule has 36 heavy (non-hydrogen) atoms. The zero-order chi connectivity index (χ0) is 25.0. The number of ketones is 1. The quantitative estimate of drug-likeness (QED) is 0.334. The van der Waals surface area contributed by atoms with Gasteiger partial charge in [0.1, 0.15) is 12.1 Å². The molecular weight excluding hydrogens is 464 g/mol. The molecule has 13 nitrogen and oxygen atoms in total. The Bertz CT molecular complexity index is 1440. The fourth-order valence-corrected chi connectivity index (χ4v) is 5.78. The molecule has 2 fully saturated rings. The molecule has 4 aromatic heterocycles. The number of carbonyl (C=O) groups is 2. The summed E-state index contributed by atoms with van der Waals surface area (Å²) < 4.78 is 3.14. The summed E-state index contributed by atoms with van der Waals surface area (Å²) in [5.41, 5.74) is 9.61. The van der Waals surface area contributed by atoms with E-state index in [1.54, 1.807) is 17.1 Å². The van der Waals surface area contributed by atoms with Crippen LogP contribution < -0.4 is 5.73 Å². The van der Waals surface area contributed by atoms with Gasteiger partial charge in [-0.15, -0.1) is 0 Å². The number of rotatable bonds is 6. The van der Waals surface area contributed by atoms with Crippen LogP contribution in [0.1, 0.15) is 65.2 Å². The number of Topliss-reactive ketones (excluding diaryl/α,β-unsaturated/α-hetero) is 1. The second-order valence-corrected chi connectivity index (χ2v) is 9.42. The summed E-state index contributed by atoms with van der Waals surface area (Å²) >= 11 is 0. The first-order valence-electron chi connectivity index (χ1n) is 12.0. The number of nitrogens with two attached hydrogens (primary N) is 1. The van der Waals surface area contributed by atoms with Gasteiger partial charge in [0.15, 0.2) is 11.4 Å². The molecule has 186 valence electrons. The van der Waals surface area contributed by atoms with Gasteiger partial charge < -0.3 is 15.7 Å². The number of aromatic amines is 1. The predicted octanol–water partition coefficient (Wildman–Crippen LogP) is 1.04. The van der Waals surface area contributed by atoms with Crippen LogP contribution in [0.15, 0.2) is 24.9 Å². The number of aliphatic hydroxyl groups excluding tert-OH is 1. The van der Waals surface area contributed by atoms with E-state index in [0.717, 1.165) is 24.0 Å². The van der Waals surface area contributed by atoms with E-state index in [1.807, 2.05) is 11.1 Å². The Morgan fingerprint density at radius 3 is 2.64 bits per heavy atom. The minimum atomic E-state index is -0.169. The number of hydrogen-bond donors (Lipinski definition) is 3. The summed E-state index contributed by atoms with van der Waals surface area (Å²) in [6.45, 7) is 1.85. The number of H-pyrrole nitrogens is 1. The average molecular weight is 491 g/mol. The van der Waals surface area contributed by atoms with Crippen LogP contribution in [0.3, 0.4) is 0 Å². The summed E-state index contributed by atoms with van der Waals surface area (Å²) in [5.74, 6) is 0.143. The van der Waals surface area contributed by atoms with E-state index in [0.29, 0.717) is 36.3 Å². The van der Waals surface area contributed by atoms with Crippen LogP contribution in [-0.4, -0.2) is 79.9 Å². The monoisotopic (exact) mass is 490 g/mol. The van der Waals surface area contributed by atoms with Crippen LogP contribution in [-0.2, 0) is 6.54 Å². The maximum absolute atomic E-state index is 13.1. The van der Waals surface area contributed by atoms with E-state index in [2.05, 4.69) is 25.4 Å². The zero-order valence-corrected chi connectivity index (χ0v) is 19.7. The van der Waals surface area contributed by atoms with E-state index in [4.69, 9.17) is 10.7 Å². The highest BCUT2D eigenvalue weighted by Crippen LogP contribution is 2.45. The predicted molar refractivity (Wildman–Crippen MR) is 127 cm³/mol. The number of piperidine rings is 1. The number of nitrogen functional groups attached to an aromatic ring is 1. The molecule has 6 rings (SSSR count). The number of fused-ring (bicyclic) bond motifs is 3. The molecule has 3 atom stereocenters. The highest BCUT2D eigenvalue weighted by atomic mass is 16.3. The van der Waals surface area contributed by atoms with Crippen molar-refractivity contribution < 1.29 is 14.7 Å². The summed E-state index contributed by atoms with van der Waals surface area (Å²) in [5, 5.41) is 24.4. The van der Waals surface area contributed by atoms with Crippen LogP contribution in [0.5, 0.6) is 0 Å². The molecule has 4 aromatic rings. The highest BCUT2D eigenvalue weighted by molar-refractivity contribution is 6.00. The van der Waals surface area contributed by atoms with Crippen LogP contribution >= 0.6 is 0 Å². The van der Waals surface area contributed by atoms with Gasteiger partial charge >= 0.3 is 0 Å². The Labute approximate surface area is 205 Å². The van der Waals surface area contributed by atoms with Gasteiger partial charge in [-0.1, -0.05) is 0 Å². The molecule has 6 heterocycles. The average Bonchev–Trinajstić information content (AvgIpc) is 3.65. The second kappa shape index (κ2) is 8.52. The third-order valence-electron chi connectivity index (χ3n) is 7.31. The van der Waals surface area contributed by atoms with Gasteiger partial charge in [-0.2, -0.15) is 19.8 Å². The number of anilines is 1. The van der Waals surface area contributed by atoms with Crippen molar-refractivity contribution >= 4 is 23.2 Å². The lowest BCUT2D eigenvalue weighted by atomic mass is 9.85. The number of aromatic nitrogens is 8. The van der Waals surface area contributed by atoms with Crippen LogP contribution in [0.25, 0.3) is 16.8 Å². The van der Waals surface area contributed by atoms with Gasteiger partial charge in [0, 0.05) is 35.3 Å². The van der Waals surface area contributed by atoms with Crippen LogP contribution in [0.2, 0.25) is 0 Å². The van der Waals surface area contributed by atoms with Crippen molar-refractivity contribution in [2.45, 2.75) is 57.2 Å². The number of nitrogens with zero attached hydrogens (tertiary/aromatic N) is 8. The van der Waals surface area contributed by atoms with Crippen molar-refractivity contribution in [3.63, 3.8) is 0 Å². The number of hydrogen-bond acceptors (Lipinski definition) is 9. The van der Waals surface area contributed by atoms with Gasteiger partial charge in [0.2, 0.25) is 5.82 Å². The van der Waals surface area contributed by atoms with Gasteiger partial charge in [-0.25, -0.2) is 9.97 Å². The zero-order valence-electron chi connectivity index (χ0n) is 19.7. The molecule has 13 heteroatoms. The molecule has 4 N–H and O–H groups in total. The van der Waals surface area contributed by atoms with Crippen LogP contribution in [0, 0.1) is 0 Å². The first-order valence-corrected chi connectivity index (χ1v) is 12.0. The first-order chi connectivity index (χ1) is 17.5. The maximum atomic E-state index is 13.1. The van der Waals surface area contributed by atoms with Gasteiger partial charge in [-0.3, -0.25) is 19.4 Å². The third-order valence-corrected chi connectivity index (χ3v) is 7.31. The molecule has 0 radical (unpaired) electrons. The molecule has 0 aliphatic carbocycles. The minimum Gasteiger partial charge on any atom is -0.394 e. The Balaban J connectivity index is 1.39. The van der Waals surface area contributed by atoms with E-state index >= 15 is 0 Å². The van der Waals surface area contributed by atoms with E-state index in [1.165, 1.54) is 17.8 Å². The van der Waals surface area contributed by atoms with Gasteiger partial charge in [0.05, 0.1) is 36.8 Å². The molecule has 0 saturated carbocycles. The maximum Gasteiger partial charge on any atom is 0.291 e. The third kappa shape index (κ3) is 3.46.